The Hall–Kier alpha value is 0.210. The minimum atomic E-state index is -0.0415. The first-order valence-electron chi connectivity index (χ1n) is 9.61. The van der Waals surface area contributed by atoms with E-state index in [0.29, 0.717) is 13.0 Å². The van der Waals surface area contributed by atoms with E-state index in [1.54, 1.807) is 0 Å². The minimum absolute atomic E-state index is 0. The van der Waals surface area contributed by atoms with Crippen LogP contribution in [-0.4, -0.2) is 12.6 Å². The topological polar surface area (TPSA) is 26.3 Å². The van der Waals surface area contributed by atoms with Crippen LogP contribution in [0.25, 0.3) is 0 Å². The first-order chi connectivity index (χ1) is 10.8. The van der Waals surface area contributed by atoms with Gasteiger partial charge in [0, 0.05) is 6.42 Å². The number of carbonyl (C=O) groups excluding carboxylic acids is 1. The van der Waals surface area contributed by atoms with E-state index in [0.717, 1.165) is 12.8 Å². The summed E-state index contributed by atoms with van der Waals surface area (Å²) in [6.45, 7) is 4.63. The molecule has 23 heavy (non-hydrogen) atoms. The van der Waals surface area contributed by atoms with Gasteiger partial charge in [0.15, 0.2) is 0 Å². The van der Waals surface area contributed by atoms with E-state index in [1.807, 2.05) is 6.92 Å². The van der Waals surface area contributed by atoms with Crippen molar-refractivity contribution in [1.29, 1.82) is 0 Å². The second-order valence-electron chi connectivity index (χ2n) is 6.14. The van der Waals surface area contributed by atoms with Crippen LogP contribution in [0.3, 0.4) is 0 Å². The SMILES string of the molecule is CCCCCCCC/C=C\CCCCCCCC(=O)OCC.[H-].[Na+]. The van der Waals surface area contributed by atoms with Gasteiger partial charge in [0.2, 0.25) is 0 Å². The summed E-state index contributed by atoms with van der Waals surface area (Å²) < 4.78 is 4.91. The van der Waals surface area contributed by atoms with Crippen molar-refractivity contribution in [2.75, 3.05) is 6.61 Å². The molecule has 0 heterocycles. The molecule has 0 N–H and O–H groups in total. The molecular formula is C20H39NaO2. The van der Waals surface area contributed by atoms with E-state index in [2.05, 4.69) is 19.1 Å². The van der Waals surface area contributed by atoms with Crippen LogP contribution in [0.1, 0.15) is 105 Å². The second-order valence-corrected chi connectivity index (χ2v) is 6.14. The molecule has 0 amide bonds. The van der Waals surface area contributed by atoms with Crippen LogP contribution in [0.4, 0.5) is 0 Å². The smallest absolute Gasteiger partial charge is 1.00 e. The predicted molar refractivity (Wildman–Crippen MR) is 97.2 cm³/mol. The largest absolute Gasteiger partial charge is 1.00 e. The number of ether oxygens (including phenoxy) is 1. The molecule has 0 atom stereocenters. The Balaban J connectivity index is -0.00000220. The number of carbonyl (C=O) groups is 1. The van der Waals surface area contributed by atoms with Crippen LogP contribution in [0.2, 0.25) is 0 Å². The van der Waals surface area contributed by atoms with E-state index in [-0.39, 0.29) is 37.0 Å². The van der Waals surface area contributed by atoms with Gasteiger partial charge in [0.05, 0.1) is 6.61 Å². The van der Waals surface area contributed by atoms with Gasteiger partial charge in [0.25, 0.3) is 0 Å². The van der Waals surface area contributed by atoms with E-state index < -0.39 is 0 Å². The Morgan fingerprint density at radius 1 is 0.783 bits per heavy atom. The third-order valence-corrected chi connectivity index (χ3v) is 3.95. The van der Waals surface area contributed by atoms with Gasteiger partial charge in [-0.2, -0.15) is 0 Å². The summed E-state index contributed by atoms with van der Waals surface area (Å²) in [6, 6.07) is 0. The molecule has 0 unspecified atom stereocenters. The van der Waals surface area contributed by atoms with Crippen LogP contribution in [-0.2, 0) is 9.53 Å². The normalized spacial score (nSPS) is 10.7. The zero-order chi connectivity index (χ0) is 16.3. The summed E-state index contributed by atoms with van der Waals surface area (Å²) in [4.78, 5) is 11.1. The van der Waals surface area contributed by atoms with Crippen molar-refractivity contribution in [3.8, 4) is 0 Å². The minimum Gasteiger partial charge on any atom is -1.00 e. The average Bonchev–Trinajstić information content (AvgIpc) is 2.51. The quantitative estimate of drug-likeness (QED) is 0.186. The number of allylic oxidation sites excluding steroid dienone is 2. The molecule has 0 aromatic carbocycles. The molecule has 0 aromatic heterocycles. The Morgan fingerprint density at radius 3 is 1.78 bits per heavy atom. The van der Waals surface area contributed by atoms with Gasteiger partial charge in [-0.1, -0.05) is 70.4 Å². The van der Waals surface area contributed by atoms with Gasteiger partial charge in [-0.15, -0.1) is 0 Å². The second kappa shape index (κ2) is 22.2. The number of esters is 1. The van der Waals surface area contributed by atoms with Crippen molar-refractivity contribution in [2.24, 2.45) is 0 Å². The summed E-state index contributed by atoms with van der Waals surface area (Å²) in [5.41, 5.74) is 0. The fourth-order valence-corrected chi connectivity index (χ4v) is 2.57. The zero-order valence-corrected chi connectivity index (χ0v) is 18.1. The van der Waals surface area contributed by atoms with Gasteiger partial charge < -0.3 is 6.16 Å². The predicted octanol–water partition coefficient (Wildman–Crippen LogP) is 3.70. The van der Waals surface area contributed by atoms with Crippen molar-refractivity contribution >= 4 is 5.97 Å². The number of rotatable bonds is 16. The molecule has 2 nitrogen and oxygen atoms in total. The summed E-state index contributed by atoms with van der Waals surface area (Å²) in [7, 11) is 0. The van der Waals surface area contributed by atoms with Gasteiger partial charge in [-0.25, -0.2) is 0 Å². The van der Waals surface area contributed by atoms with E-state index in [1.165, 1.54) is 70.6 Å². The molecule has 0 radical (unpaired) electrons. The molecule has 0 aliphatic rings. The average molecular weight is 335 g/mol. The van der Waals surface area contributed by atoms with Crippen molar-refractivity contribution in [3.63, 3.8) is 0 Å². The van der Waals surface area contributed by atoms with Gasteiger partial charge in [0.1, 0.15) is 0 Å². The van der Waals surface area contributed by atoms with Crippen molar-refractivity contribution < 1.29 is 40.5 Å². The molecule has 0 saturated carbocycles. The van der Waals surface area contributed by atoms with E-state index >= 15 is 0 Å². The molecule has 3 heteroatoms. The van der Waals surface area contributed by atoms with Crippen LogP contribution in [0, 0.1) is 0 Å². The van der Waals surface area contributed by atoms with E-state index in [4.69, 9.17) is 4.74 Å². The maximum absolute atomic E-state index is 11.1. The maximum atomic E-state index is 11.1. The number of unbranched alkanes of at least 4 members (excludes halogenated alkanes) is 11. The van der Waals surface area contributed by atoms with Crippen molar-refractivity contribution in [2.45, 2.75) is 104 Å². The molecule has 0 aromatic rings. The van der Waals surface area contributed by atoms with Crippen LogP contribution in [0.15, 0.2) is 12.2 Å². The molecule has 0 saturated heterocycles. The maximum Gasteiger partial charge on any atom is 1.00 e. The van der Waals surface area contributed by atoms with Gasteiger partial charge in [-0.05, 0) is 39.0 Å². The molecule has 0 fully saturated rings. The Labute approximate surface area is 168 Å². The third kappa shape index (κ3) is 22.2. The summed E-state index contributed by atoms with van der Waals surface area (Å²) in [6.07, 6.45) is 22.0. The van der Waals surface area contributed by atoms with E-state index in [9.17, 15) is 4.79 Å². The van der Waals surface area contributed by atoms with Gasteiger partial charge >= 0.3 is 35.5 Å². The zero-order valence-electron chi connectivity index (χ0n) is 17.1. The Morgan fingerprint density at radius 2 is 1.26 bits per heavy atom. The molecule has 132 valence electrons. The molecular weight excluding hydrogens is 295 g/mol. The molecule has 0 spiro atoms. The Bertz CT molecular complexity index is 270. The van der Waals surface area contributed by atoms with Crippen molar-refractivity contribution in [3.05, 3.63) is 12.2 Å². The summed E-state index contributed by atoms with van der Waals surface area (Å²) in [5, 5.41) is 0. The monoisotopic (exact) mass is 334 g/mol. The van der Waals surface area contributed by atoms with Crippen LogP contribution < -0.4 is 29.6 Å². The fraction of sp³-hybridized carbons (Fsp3) is 0.850. The van der Waals surface area contributed by atoms with Crippen LogP contribution in [0.5, 0.6) is 0 Å². The standard InChI is InChI=1S/C20H38O2.Na.H/c1-3-5-6-7-8-9-10-11-12-13-14-15-16-17-18-19-20(21)22-4-2;;/h11-12H,3-10,13-19H2,1-2H3;;/q;+1;-1/b12-11-;;. The molecule has 0 aliphatic carbocycles. The summed E-state index contributed by atoms with van der Waals surface area (Å²) in [5.74, 6) is -0.0415. The first-order valence-corrected chi connectivity index (χ1v) is 9.61. The summed E-state index contributed by atoms with van der Waals surface area (Å²) >= 11 is 0. The van der Waals surface area contributed by atoms with Gasteiger partial charge in [-0.3, -0.25) is 4.79 Å². The third-order valence-electron chi connectivity index (χ3n) is 3.95. The fourth-order valence-electron chi connectivity index (χ4n) is 2.57. The molecule has 0 bridgehead atoms. The van der Waals surface area contributed by atoms with Crippen LogP contribution >= 0.6 is 0 Å². The number of hydrogen-bond acceptors (Lipinski definition) is 2. The molecule has 0 aliphatic heterocycles. The van der Waals surface area contributed by atoms with Crippen molar-refractivity contribution in [1.82, 2.24) is 0 Å². The number of hydrogen-bond donors (Lipinski definition) is 0. The first kappa shape index (κ1) is 25.5. The molecule has 0 rings (SSSR count). The Kier molecular flexibility index (Phi) is 24.6.